The molecule has 9 nitrogen and oxygen atoms in total. The predicted molar refractivity (Wildman–Crippen MR) is 117 cm³/mol. The molecule has 2 saturated heterocycles. The first-order chi connectivity index (χ1) is 15.6. The van der Waals surface area contributed by atoms with Crippen molar-refractivity contribution in [2.45, 2.75) is 18.4 Å². The smallest absolute Gasteiger partial charge is 0.490 e. The van der Waals surface area contributed by atoms with Gasteiger partial charge in [-0.3, -0.25) is 9.97 Å². The molecule has 2 atom stereocenters. The van der Waals surface area contributed by atoms with E-state index in [9.17, 15) is 13.2 Å². The van der Waals surface area contributed by atoms with Crippen LogP contribution in [0.4, 0.5) is 18.9 Å². The summed E-state index contributed by atoms with van der Waals surface area (Å²) in [4.78, 5) is 19.3. The van der Waals surface area contributed by atoms with Gasteiger partial charge in [-0.2, -0.15) is 13.2 Å². The normalized spacial score (nSPS) is 19.3. The molecule has 0 spiro atoms. The van der Waals surface area contributed by atoms with Gasteiger partial charge in [0, 0.05) is 42.9 Å². The Hall–Kier alpha value is -2.64. The molecule has 182 valence electrons. The summed E-state index contributed by atoms with van der Waals surface area (Å²) in [6.07, 6.45) is 2.47. The zero-order valence-corrected chi connectivity index (χ0v) is 19.5. The van der Waals surface area contributed by atoms with Crippen LogP contribution in [0, 0.1) is 0 Å². The van der Waals surface area contributed by atoms with Crippen LogP contribution in [-0.2, 0) is 9.53 Å². The van der Waals surface area contributed by atoms with Gasteiger partial charge in [-0.25, -0.2) is 4.79 Å². The van der Waals surface area contributed by atoms with E-state index >= 15 is 0 Å². The molecule has 2 aromatic heterocycles. The number of fused-ring (bicyclic) bond motifs is 2. The monoisotopic (exact) mass is 536 g/mol. The molecule has 0 amide bonds. The van der Waals surface area contributed by atoms with Crippen molar-refractivity contribution < 1.29 is 37.3 Å². The lowest BCUT2D eigenvalue weighted by Gasteiger charge is -2.42. The van der Waals surface area contributed by atoms with Crippen LogP contribution in [0.25, 0.3) is 0 Å². The van der Waals surface area contributed by atoms with Crippen LogP contribution < -0.4 is 19.7 Å². The Kier molecular flexibility index (Phi) is 10.1. The van der Waals surface area contributed by atoms with Crippen LogP contribution in [0.5, 0.6) is 11.5 Å². The van der Waals surface area contributed by atoms with Gasteiger partial charge < -0.3 is 29.5 Å². The summed E-state index contributed by atoms with van der Waals surface area (Å²) in [6.45, 7) is 3.70. The summed E-state index contributed by atoms with van der Waals surface area (Å²) in [7, 11) is 3.28. The fourth-order valence-electron chi connectivity index (χ4n) is 2.96. The molecule has 13 heteroatoms. The molecule has 0 aromatic carbocycles. The van der Waals surface area contributed by atoms with Gasteiger partial charge in [0.05, 0.1) is 50.7 Å². The highest BCUT2D eigenvalue weighted by Crippen LogP contribution is 2.24. The molecule has 2 N–H and O–H groups in total. The number of nitrogens with zero attached hydrogens (tertiary/aromatic N) is 3. The second-order valence-electron chi connectivity index (χ2n) is 6.87. The summed E-state index contributed by atoms with van der Waals surface area (Å²) >= 11 is 3.26. The standard InChI is InChI=1S/C12H17N3O2.C6H6BrNO.C2HF3O2/c1-16-10-2-9(3-13-4-10)15-7-11-5-14-6-12(8-15)17-11;1-9-6-2-5(7)3-8-4-6;3-2(4,5)1(6)7/h2-4,11-12,14H,5-8H2,1H3;2-4H,1H3;(H,6,7). The molecular formula is C20H24BrF3N4O5. The number of aromatic nitrogens is 2. The van der Waals surface area contributed by atoms with Crippen molar-refractivity contribution in [3.63, 3.8) is 0 Å². The van der Waals surface area contributed by atoms with E-state index in [2.05, 4.69) is 36.1 Å². The number of nitrogens with one attached hydrogen (secondary N) is 1. The summed E-state index contributed by atoms with van der Waals surface area (Å²) in [5, 5.41) is 10.5. The van der Waals surface area contributed by atoms with Gasteiger partial charge in [-0.1, -0.05) is 0 Å². The number of morpholine rings is 2. The Morgan fingerprint density at radius 1 is 1.09 bits per heavy atom. The van der Waals surface area contributed by atoms with Crippen molar-refractivity contribution in [3.05, 3.63) is 41.4 Å². The van der Waals surface area contributed by atoms with E-state index < -0.39 is 12.1 Å². The summed E-state index contributed by atoms with van der Waals surface area (Å²) in [5.41, 5.74) is 1.12. The number of ether oxygens (including phenoxy) is 3. The number of alkyl halides is 3. The molecule has 2 unspecified atom stereocenters. The Labute approximate surface area is 197 Å². The van der Waals surface area contributed by atoms with Crippen LogP contribution in [-0.4, -0.2) is 79.8 Å². The fraction of sp³-hybridized carbons (Fsp3) is 0.450. The quantitative estimate of drug-likeness (QED) is 0.612. The number of methoxy groups -OCH3 is 2. The number of carboxylic acid groups (broad SMARTS) is 1. The minimum atomic E-state index is -5.08. The highest BCUT2D eigenvalue weighted by atomic mass is 79.9. The molecule has 2 aliphatic rings. The van der Waals surface area contributed by atoms with Gasteiger partial charge in [0.2, 0.25) is 0 Å². The summed E-state index contributed by atoms with van der Waals surface area (Å²) in [5.74, 6) is -1.19. The number of aliphatic carboxylic acids is 1. The van der Waals surface area contributed by atoms with Crippen LogP contribution in [0.15, 0.2) is 41.4 Å². The molecular weight excluding hydrogens is 513 g/mol. The molecule has 2 bridgehead atoms. The van der Waals surface area contributed by atoms with Gasteiger partial charge >= 0.3 is 12.1 Å². The molecule has 4 rings (SSSR count). The molecule has 2 aromatic rings. The molecule has 33 heavy (non-hydrogen) atoms. The minimum absolute atomic E-state index is 0.286. The third kappa shape index (κ3) is 9.02. The molecule has 0 saturated carbocycles. The van der Waals surface area contributed by atoms with Crippen molar-refractivity contribution in [3.8, 4) is 11.5 Å². The van der Waals surface area contributed by atoms with E-state index in [1.54, 1.807) is 32.8 Å². The number of carboxylic acids is 1. The van der Waals surface area contributed by atoms with E-state index in [1.165, 1.54) is 0 Å². The van der Waals surface area contributed by atoms with Crippen molar-refractivity contribution in [1.29, 1.82) is 0 Å². The largest absolute Gasteiger partial charge is 0.495 e. The number of carbonyl (C=O) groups is 1. The number of anilines is 1. The van der Waals surface area contributed by atoms with E-state index in [0.29, 0.717) is 0 Å². The first-order valence-corrected chi connectivity index (χ1v) is 10.5. The Bertz CT molecular complexity index is 894. The zero-order valence-electron chi connectivity index (χ0n) is 17.9. The lowest BCUT2D eigenvalue weighted by Crippen LogP contribution is -2.58. The first-order valence-electron chi connectivity index (χ1n) is 9.67. The molecule has 2 aliphatic heterocycles. The zero-order chi connectivity index (χ0) is 24.4. The van der Waals surface area contributed by atoms with Crippen LogP contribution >= 0.6 is 15.9 Å². The predicted octanol–water partition coefficient (Wildman–Crippen LogP) is 2.75. The van der Waals surface area contributed by atoms with Crippen molar-refractivity contribution in [2.75, 3.05) is 45.3 Å². The number of pyridine rings is 2. The highest BCUT2D eigenvalue weighted by Gasteiger charge is 2.38. The van der Waals surface area contributed by atoms with Gasteiger partial charge in [-0.05, 0) is 22.0 Å². The van der Waals surface area contributed by atoms with Crippen molar-refractivity contribution in [1.82, 2.24) is 15.3 Å². The molecule has 0 aliphatic carbocycles. The van der Waals surface area contributed by atoms with E-state index in [0.717, 1.165) is 47.8 Å². The SMILES string of the molecule is COc1cncc(Br)c1.COc1cncc(N2CC3CNCC(C2)O3)c1.O=C(O)C(F)(F)F. The molecule has 0 radical (unpaired) electrons. The third-order valence-electron chi connectivity index (χ3n) is 4.43. The number of halogens is 4. The van der Waals surface area contributed by atoms with Gasteiger partial charge in [0.25, 0.3) is 0 Å². The average Bonchev–Trinajstić information content (AvgIpc) is 2.79. The van der Waals surface area contributed by atoms with Crippen LogP contribution in [0.3, 0.4) is 0 Å². The minimum Gasteiger partial charge on any atom is -0.495 e. The molecule has 4 heterocycles. The Morgan fingerprint density at radius 2 is 1.61 bits per heavy atom. The fourth-order valence-corrected chi connectivity index (χ4v) is 3.31. The van der Waals surface area contributed by atoms with Crippen LogP contribution in [0.2, 0.25) is 0 Å². The van der Waals surface area contributed by atoms with Gasteiger partial charge in [0.15, 0.2) is 0 Å². The maximum atomic E-state index is 10.6. The highest BCUT2D eigenvalue weighted by molar-refractivity contribution is 9.10. The third-order valence-corrected chi connectivity index (χ3v) is 4.87. The number of hydrogen-bond donors (Lipinski definition) is 2. The van der Waals surface area contributed by atoms with Gasteiger partial charge in [-0.15, -0.1) is 0 Å². The number of hydrogen-bond acceptors (Lipinski definition) is 8. The van der Waals surface area contributed by atoms with Crippen molar-refractivity contribution >= 4 is 27.6 Å². The Morgan fingerprint density at radius 3 is 2.06 bits per heavy atom. The van der Waals surface area contributed by atoms with E-state index in [4.69, 9.17) is 24.1 Å². The summed E-state index contributed by atoms with van der Waals surface area (Å²) < 4.78 is 48.7. The first kappa shape index (κ1) is 26.6. The van der Waals surface area contributed by atoms with E-state index in [-0.39, 0.29) is 12.2 Å². The maximum Gasteiger partial charge on any atom is 0.490 e. The maximum absolute atomic E-state index is 10.6. The van der Waals surface area contributed by atoms with Gasteiger partial charge in [0.1, 0.15) is 11.5 Å². The topological polar surface area (TPSA) is 106 Å². The average molecular weight is 537 g/mol. The Balaban J connectivity index is 0.000000203. The lowest BCUT2D eigenvalue weighted by molar-refractivity contribution is -0.192. The van der Waals surface area contributed by atoms with Crippen LogP contribution in [0.1, 0.15) is 0 Å². The molecule has 2 fully saturated rings. The van der Waals surface area contributed by atoms with Crippen molar-refractivity contribution in [2.24, 2.45) is 0 Å². The number of rotatable bonds is 3. The second kappa shape index (κ2) is 12.6. The second-order valence-corrected chi connectivity index (χ2v) is 7.79. The summed E-state index contributed by atoms with van der Waals surface area (Å²) in [6, 6.07) is 3.88. The van der Waals surface area contributed by atoms with E-state index in [1.807, 2.05) is 18.3 Å². The lowest BCUT2D eigenvalue weighted by atomic mass is 10.1.